The Hall–Kier alpha value is -4.93. The summed E-state index contributed by atoms with van der Waals surface area (Å²) in [6, 6.07) is 32.6. The number of anilines is 3. The van der Waals surface area contributed by atoms with Crippen LogP contribution in [-0.4, -0.2) is 45.7 Å². The molecule has 5 rings (SSSR count). The standard InChI is InChI=1S/C39H43N8S2/c1-6-7-11-34-36(40-2)13-8-14-37(34)43-41-30-17-21-32(22-18-30)45(3)26-28-48-49-29-27-46(4)33-23-19-31(20-24-33)42-44-38-15-9-16-39-35(38)12-10-25-47(39)5/h6-25,40H,1,26-29H2,2-5H3/q+1/b11-7-,43-41?. The number of fused-ring (bicyclic) bond motifs is 1. The van der Waals surface area contributed by atoms with Gasteiger partial charge in [0.1, 0.15) is 7.05 Å². The van der Waals surface area contributed by atoms with E-state index in [0.29, 0.717) is 0 Å². The third-order valence-electron chi connectivity index (χ3n) is 7.99. The SMILES string of the molecule is C=C/C=C\c1c(N=Nc2ccc(N(C)CCSSCCN(C)c3ccc(N=Nc4cccc5c4ccc[n+]5C)cc3)cc2)cccc1NC. The minimum absolute atomic E-state index is 0.801. The molecule has 1 aromatic heterocycles. The highest BCUT2D eigenvalue weighted by Crippen LogP contribution is 2.31. The van der Waals surface area contributed by atoms with Crippen LogP contribution in [0.4, 0.5) is 39.8 Å². The molecule has 0 aliphatic rings. The van der Waals surface area contributed by atoms with E-state index in [4.69, 9.17) is 0 Å². The molecule has 8 nitrogen and oxygen atoms in total. The molecule has 0 saturated heterocycles. The lowest BCUT2D eigenvalue weighted by Gasteiger charge is -2.20. The van der Waals surface area contributed by atoms with Gasteiger partial charge in [0.15, 0.2) is 6.20 Å². The molecule has 5 aromatic rings. The normalized spacial score (nSPS) is 11.6. The minimum Gasteiger partial charge on any atom is -0.388 e. The van der Waals surface area contributed by atoms with Crippen molar-refractivity contribution in [3.8, 4) is 0 Å². The van der Waals surface area contributed by atoms with E-state index in [-0.39, 0.29) is 0 Å². The number of nitrogens with one attached hydrogen (secondary N) is 1. The number of allylic oxidation sites excluding steroid dienone is 2. The number of hydrogen-bond acceptors (Lipinski definition) is 9. The van der Waals surface area contributed by atoms with Crippen molar-refractivity contribution in [2.45, 2.75) is 0 Å². The summed E-state index contributed by atoms with van der Waals surface area (Å²) in [6.45, 7) is 5.69. The molecule has 0 amide bonds. The van der Waals surface area contributed by atoms with Gasteiger partial charge in [0, 0.05) is 80.5 Å². The quantitative estimate of drug-likeness (QED) is 0.0367. The lowest BCUT2D eigenvalue weighted by atomic mass is 10.1. The molecule has 0 saturated carbocycles. The van der Waals surface area contributed by atoms with Crippen LogP contribution in [0.2, 0.25) is 0 Å². The highest BCUT2D eigenvalue weighted by Gasteiger charge is 2.08. The van der Waals surface area contributed by atoms with Crippen LogP contribution >= 0.6 is 21.6 Å². The summed E-state index contributed by atoms with van der Waals surface area (Å²) in [4.78, 5) is 4.55. The molecule has 0 aliphatic carbocycles. The Kier molecular flexibility index (Phi) is 13.0. The van der Waals surface area contributed by atoms with Gasteiger partial charge < -0.3 is 15.1 Å². The molecule has 1 N–H and O–H groups in total. The van der Waals surface area contributed by atoms with Crippen molar-refractivity contribution in [3.05, 3.63) is 128 Å². The highest BCUT2D eigenvalue weighted by atomic mass is 33.1. The minimum atomic E-state index is 0.801. The van der Waals surface area contributed by atoms with E-state index in [1.807, 2.05) is 115 Å². The van der Waals surface area contributed by atoms with Crippen molar-refractivity contribution in [1.29, 1.82) is 0 Å². The Morgan fingerprint density at radius 2 is 1.29 bits per heavy atom. The molecule has 0 aliphatic heterocycles. The first-order valence-corrected chi connectivity index (χ1v) is 18.6. The molecule has 0 bridgehead atoms. The van der Waals surface area contributed by atoms with Crippen molar-refractivity contribution < 1.29 is 4.57 Å². The average molecular weight is 688 g/mol. The number of benzene rings is 4. The molecule has 0 spiro atoms. The van der Waals surface area contributed by atoms with Crippen LogP contribution in [0.3, 0.4) is 0 Å². The number of aryl methyl sites for hydroxylation is 1. The maximum absolute atomic E-state index is 4.54. The summed E-state index contributed by atoms with van der Waals surface area (Å²) in [5.74, 6) is 2.07. The summed E-state index contributed by atoms with van der Waals surface area (Å²) in [6.07, 6.45) is 7.68. The zero-order chi connectivity index (χ0) is 34.4. The fourth-order valence-corrected chi connectivity index (χ4v) is 7.24. The van der Waals surface area contributed by atoms with Crippen molar-refractivity contribution >= 4 is 78.4 Å². The van der Waals surface area contributed by atoms with Gasteiger partial charge in [-0.05, 0) is 72.8 Å². The average Bonchev–Trinajstić information content (AvgIpc) is 3.14. The highest BCUT2D eigenvalue weighted by molar-refractivity contribution is 8.76. The first-order chi connectivity index (χ1) is 24.0. The molecule has 49 heavy (non-hydrogen) atoms. The molecule has 10 heteroatoms. The summed E-state index contributed by atoms with van der Waals surface area (Å²) in [7, 11) is 12.0. The van der Waals surface area contributed by atoms with Gasteiger partial charge in [0.25, 0.3) is 0 Å². The maximum atomic E-state index is 4.54. The summed E-state index contributed by atoms with van der Waals surface area (Å²) in [5.41, 5.74) is 8.74. The third-order valence-corrected chi connectivity index (χ3v) is 10.4. The van der Waals surface area contributed by atoms with Gasteiger partial charge in [0.2, 0.25) is 5.52 Å². The molecule has 0 radical (unpaired) electrons. The predicted molar refractivity (Wildman–Crippen MR) is 213 cm³/mol. The van der Waals surface area contributed by atoms with Crippen molar-refractivity contribution in [3.63, 3.8) is 0 Å². The first-order valence-electron chi connectivity index (χ1n) is 16.1. The van der Waals surface area contributed by atoms with Crippen molar-refractivity contribution in [1.82, 2.24) is 0 Å². The van der Waals surface area contributed by atoms with E-state index in [0.717, 1.165) is 75.2 Å². The Balaban J connectivity index is 1.03. The smallest absolute Gasteiger partial charge is 0.214 e. The van der Waals surface area contributed by atoms with Crippen LogP contribution in [0.1, 0.15) is 5.56 Å². The lowest BCUT2D eigenvalue weighted by Crippen LogP contribution is -2.27. The number of hydrogen-bond donors (Lipinski definition) is 1. The van der Waals surface area contributed by atoms with Gasteiger partial charge in [-0.3, -0.25) is 0 Å². The van der Waals surface area contributed by atoms with Gasteiger partial charge in [0.05, 0.1) is 28.1 Å². The van der Waals surface area contributed by atoms with E-state index in [1.54, 1.807) is 6.08 Å². The zero-order valence-electron chi connectivity index (χ0n) is 28.5. The molecule has 0 unspecified atom stereocenters. The monoisotopic (exact) mass is 687 g/mol. The van der Waals surface area contributed by atoms with E-state index in [9.17, 15) is 0 Å². The van der Waals surface area contributed by atoms with Crippen LogP contribution in [0.5, 0.6) is 0 Å². The summed E-state index contributed by atoms with van der Waals surface area (Å²) >= 11 is 0. The fraction of sp³-hybridized carbons (Fsp3) is 0.205. The van der Waals surface area contributed by atoms with E-state index < -0.39 is 0 Å². The Morgan fingerprint density at radius 3 is 1.88 bits per heavy atom. The Labute approximate surface area is 297 Å². The molecule has 1 heterocycles. The van der Waals surface area contributed by atoms with Crippen LogP contribution in [-0.2, 0) is 7.05 Å². The van der Waals surface area contributed by atoms with Crippen LogP contribution in [0, 0.1) is 0 Å². The van der Waals surface area contributed by atoms with Crippen LogP contribution < -0.4 is 19.7 Å². The Morgan fingerprint density at radius 1 is 0.714 bits per heavy atom. The first kappa shape index (κ1) is 35.4. The molecule has 0 fully saturated rings. The maximum Gasteiger partial charge on any atom is 0.214 e. The molecule has 4 aromatic carbocycles. The van der Waals surface area contributed by atoms with Crippen LogP contribution in [0.25, 0.3) is 17.0 Å². The second-order valence-electron chi connectivity index (χ2n) is 11.3. The summed E-state index contributed by atoms with van der Waals surface area (Å²) in [5, 5.41) is 22.3. The number of nitrogens with zero attached hydrogens (tertiary/aromatic N) is 7. The number of azo groups is 2. The van der Waals surface area contributed by atoms with Crippen molar-refractivity contribution in [2.24, 2.45) is 27.5 Å². The predicted octanol–water partition coefficient (Wildman–Crippen LogP) is 10.7. The van der Waals surface area contributed by atoms with E-state index in [2.05, 4.69) is 97.2 Å². The zero-order valence-corrected chi connectivity index (χ0v) is 30.2. The second kappa shape index (κ2) is 18.0. The van der Waals surface area contributed by atoms with Crippen LogP contribution in [0.15, 0.2) is 142 Å². The van der Waals surface area contributed by atoms with E-state index >= 15 is 0 Å². The van der Waals surface area contributed by atoms with Gasteiger partial charge in [-0.15, -0.1) is 10.2 Å². The fourth-order valence-electron chi connectivity index (χ4n) is 5.15. The number of pyridine rings is 1. The Bertz CT molecular complexity index is 1920. The molecule has 0 atom stereocenters. The number of aromatic nitrogens is 1. The van der Waals surface area contributed by atoms with Gasteiger partial charge >= 0.3 is 0 Å². The van der Waals surface area contributed by atoms with Crippen molar-refractivity contribution in [2.75, 3.05) is 60.9 Å². The third kappa shape index (κ3) is 9.81. The lowest BCUT2D eigenvalue weighted by molar-refractivity contribution is -0.644. The molecule has 250 valence electrons. The molecular formula is C39H43N8S2+. The largest absolute Gasteiger partial charge is 0.388 e. The van der Waals surface area contributed by atoms with E-state index in [1.165, 1.54) is 5.69 Å². The van der Waals surface area contributed by atoms with Gasteiger partial charge in [-0.25, -0.2) is 4.57 Å². The summed E-state index contributed by atoms with van der Waals surface area (Å²) < 4.78 is 2.09. The van der Waals surface area contributed by atoms with Gasteiger partial charge in [-0.2, -0.15) is 10.2 Å². The van der Waals surface area contributed by atoms with Gasteiger partial charge in [-0.1, -0.05) is 58.5 Å². The molecular weight excluding hydrogens is 645 g/mol. The second-order valence-corrected chi connectivity index (χ2v) is 14.0. The topological polar surface area (TPSA) is 71.8 Å². The number of rotatable bonds is 16.